The fraction of sp³-hybridized carbons (Fsp3) is 0.250. The minimum Gasteiger partial charge on any atom is -0.344 e. The second-order valence-corrected chi connectivity index (χ2v) is 7.25. The number of aryl methyl sites for hydroxylation is 2. The second kappa shape index (κ2) is 6.32. The molecule has 0 atom stereocenters. The molecule has 118 valence electrons. The van der Waals surface area contributed by atoms with Gasteiger partial charge in [0.15, 0.2) is 12.4 Å². The Bertz CT molecular complexity index is 871. The lowest BCUT2D eigenvalue weighted by atomic mass is 10.1. The van der Waals surface area contributed by atoms with E-state index in [1.807, 2.05) is 11.6 Å². The first-order valence-corrected chi connectivity index (χ1v) is 8.69. The second-order valence-electron chi connectivity index (χ2n) is 6.33. The highest BCUT2D eigenvalue weighted by Gasteiger charge is 2.12. The molecule has 23 heavy (non-hydrogen) atoms. The van der Waals surface area contributed by atoms with Crippen LogP contribution in [0.1, 0.15) is 36.6 Å². The van der Waals surface area contributed by atoms with Crippen LogP contribution in [0.2, 0.25) is 0 Å². The number of hydrogen-bond donors (Lipinski definition) is 0. The van der Waals surface area contributed by atoms with Crippen molar-refractivity contribution in [3.63, 3.8) is 0 Å². The van der Waals surface area contributed by atoms with E-state index in [-0.39, 0.29) is 0 Å². The number of nitrogens with zero attached hydrogens (tertiary/aromatic N) is 2. The molecule has 0 fully saturated rings. The van der Waals surface area contributed by atoms with Crippen molar-refractivity contribution >= 4 is 39.0 Å². The number of halogens is 1. The van der Waals surface area contributed by atoms with Gasteiger partial charge in [0.05, 0.1) is 5.52 Å². The molecule has 0 saturated carbocycles. The predicted molar refractivity (Wildman–Crippen MR) is 101 cm³/mol. The lowest BCUT2D eigenvalue weighted by Gasteiger charge is -2.11. The highest BCUT2D eigenvalue weighted by Crippen LogP contribution is 2.31. The van der Waals surface area contributed by atoms with Crippen molar-refractivity contribution in [1.29, 1.82) is 0 Å². The van der Waals surface area contributed by atoms with Gasteiger partial charge in [-0.3, -0.25) is 0 Å². The number of fused-ring (bicyclic) bond motifs is 1. The van der Waals surface area contributed by atoms with Gasteiger partial charge in [0.2, 0.25) is 0 Å². The van der Waals surface area contributed by atoms with Gasteiger partial charge in [-0.15, -0.1) is 0 Å². The van der Waals surface area contributed by atoms with Crippen LogP contribution in [0, 0.1) is 6.92 Å². The minimum atomic E-state index is 0.440. The zero-order valence-electron chi connectivity index (χ0n) is 14.0. The van der Waals surface area contributed by atoms with Gasteiger partial charge in [0.1, 0.15) is 7.05 Å². The van der Waals surface area contributed by atoms with Crippen LogP contribution in [0.5, 0.6) is 0 Å². The maximum Gasteiger partial charge on any atom is 0.169 e. The Kier molecular flexibility index (Phi) is 4.40. The average molecular weight is 370 g/mol. The number of rotatable bonds is 3. The first kappa shape index (κ1) is 16.0. The summed E-state index contributed by atoms with van der Waals surface area (Å²) in [6.45, 7) is 6.63. The van der Waals surface area contributed by atoms with E-state index in [2.05, 4.69) is 96.3 Å². The zero-order chi connectivity index (χ0) is 16.6. The SMILES string of the molecule is Cc1cc(Br)cc2c(/C=C/c3cc[n+](C)cc3)cn(C(C)C)c12. The van der Waals surface area contributed by atoms with Crippen LogP contribution >= 0.6 is 15.9 Å². The van der Waals surface area contributed by atoms with E-state index >= 15 is 0 Å². The first-order chi connectivity index (χ1) is 11.0. The van der Waals surface area contributed by atoms with Crippen LogP contribution < -0.4 is 4.57 Å². The lowest BCUT2D eigenvalue weighted by Crippen LogP contribution is -2.25. The van der Waals surface area contributed by atoms with Crippen LogP contribution in [-0.4, -0.2) is 4.57 Å². The fourth-order valence-electron chi connectivity index (χ4n) is 2.93. The molecule has 0 aliphatic rings. The van der Waals surface area contributed by atoms with Gasteiger partial charge < -0.3 is 4.57 Å². The molecule has 0 aliphatic heterocycles. The predicted octanol–water partition coefficient (Wildman–Crippen LogP) is 5.29. The maximum absolute atomic E-state index is 3.63. The van der Waals surface area contributed by atoms with Crippen LogP contribution in [0.25, 0.3) is 23.1 Å². The third-order valence-corrected chi connectivity index (χ3v) is 4.59. The molecule has 0 bridgehead atoms. The van der Waals surface area contributed by atoms with Crippen molar-refractivity contribution in [1.82, 2.24) is 4.57 Å². The highest BCUT2D eigenvalue weighted by atomic mass is 79.9. The molecule has 2 aromatic heterocycles. The summed E-state index contributed by atoms with van der Waals surface area (Å²) in [5, 5.41) is 1.29. The quantitative estimate of drug-likeness (QED) is 0.554. The molecule has 0 saturated heterocycles. The summed E-state index contributed by atoms with van der Waals surface area (Å²) in [5.41, 5.74) is 5.09. The lowest BCUT2D eigenvalue weighted by molar-refractivity contribution is -0.671. The monoisotopic (exact) mass is 369 g/mol. The molecule has 0 aliphatic carbocycles. The topological polar surface area (TPSA) is 8.81 Å². The summed E-state index contributed by atoms with van der Waals surface area (Å²) in [6.07, 6.45) is 10.8. The summed E-state index contributed by atoms with van der Waals surface area (Å²) in [5.74, 6) is 0. The molecule has 0 radical (unpaired) electrons. The van der Waals surface area contributed by atoms with E-state index in [4.69, 9.17) is 0 Å². The summed E-state index contributed by atoms with van der Waals surface area (Å²) >= 11 is 3.63. The van der Waals surface area contributed by atoms with E-state index in [0.717, 1.165) is 4.47 Å². The van der Waals surface area contributed by atoms with Gasteiger partial charge in [0.25, 0.3) is 0 Å². The Balaban J connectivity index is 2.12. The first-order valence-electron chi connectivity index (χ1n) is 7.90. The van der Waals surface area contributed by atoms with Crippen molar-refractivity contribution in [2.75, 3.05) is 0 Å². The third kappa shape index (κ3) is 3.25. The zero-order valence-corrected chi connectivity index (χ0v) is 15.6. The molecule has 0 amide bonds. The van der Waals surface area contributed by atoms with Gasteiger partial charge in [-0.25, -0.2) is 4.57 Å². The number of aromatic nitrogens is 2. The Labute approximate surface area is 146 Å². The van der Waals surface area contributed by atoms with E-state index in [1.165, 1.54) is 27.6 Å². The largest absolute Gasteiger partial charge is 0.344 e. The van der Waals surface area contributed by atoms with Crippen molar-refractivity contribution < 1.29 is 4.57 Å². The Morgan fingerprint density at radius 2 is 1.83 bits per heavy atom. The van der Waals surface area contributed by atoms with Gasteiger partial charge in [0, 0.05) is 39.8 Å². The van der Waals surface area contributed by atoms with Gasteiger partial charge in [-0.2, -0.15) is 0 Å². The van der Waals surface area contributed by atoms with Gasteiger partial charge >= 0.3 is 0 Å². The molecule has 0 N–H and O–H groups in total. The Hall–Kier alpha value is -1.87. The van der Waals surface area contributed by atoms with Crippen LogP contribution in [0.3, 0.4) is 0 Å². The molecule has 3 aromatic rings. The van der Waals surface area contributed by atoms with E-state index in [9.17, 15) is 0 Å². The van der Waals surface area contributed by atoms with Crippen LogP contribution in [0.4, 0.5) is 0 Å². The molecule has 0 unspecified atom stereocenters. The standard InChI is InChI=1S/C20H22BrN2/c1-14(2)23-13-17(6-5-16-7-9-22(4)10-8-16)19-12-18(21)11-15(3)20(19)23/h5-14H,1-4H3/q+1. The van der Waals surface area contributed by atoms with Crippen molar-refractivity contribution in [3.05, 3.63) is 64.0 Å². The Morgan fingerprint density at radius 3 is 2.48 bits per heavy atom. The van der Waals surface area contributed by atoms with Gasteiger partial charge in [-0.05, 0) is 44.0 Å². The molecular formula is C20H22BrN2+. The molecule has 2 heterocycles. The highest BCUT2D eigenvalue weighted by molar-refractivity contribution is 9.10. The molecule has 3 rings (SSSR count). The van der Waals surface area contributed by atoms with Crippen molar-refractivity contribution in [2.45, 2.75) is 26.8 Å². The number of hydrogen-bond acceptors (Lipinski definition) is 0. The molecule has 3 heteroatoms. The number of benzene rings is 1. The van der Waals surface area contributed by atoms with E-state index in [0.29, 0.717) is 6.04 Å². The summed E-state index contributed by atoms with van der Waals surface area (Å²) in [4.78, 5) is 0. The molecule has 2 nitrogen and oxygen atoms in total. The van der Waals surface area contributed by atoms with Crippen LogP contribution in [-0.2, 0) is 7.05 Å². The molecule has 0 spiro atoms. The molecule has 1 aromatic carbocycles. The van der Waals surface area contributed by atoms with E-state index < -0.39 is 0 Å². The summed E-state index contributed by atoms with van der Waals surface area (Å²) < 4.78 is 5.54. The normalized spacial score (nSPS) is 11.9. The van der Waals surface area contributed by atoms with Crippen LogP contribution in [0.15, 0.2) is 47.3 Å². The van der Waals surface area contributed by atoms with Crippen molar-refractivity contribution in [3.8, 4) is 0 Å². The summed E-state index contributed by atoms with van der Waals surface area (Å²) in [6, 6.07) is 9.09. The third-order valence-electron chi connectivity index (χ3n) is 4.13. The average Bonchev–Trinajstić information content (AvgIpc) is 2.86. The minimum absolute atomic E-state index is 0.440. The Morgan fingerprint density at radius 1 is 1.13 bits per heavy atom. The van der Waals surface area contributed by atoms with E-state index in [1.54, 1.807) is 0 Å². The van der Waals surface area contributed by atoms with Gasteiger partial charge in [-0.1, -0.05) is 28.1 Å². The number of pyridine rings is 1. The molecular weight excluding hydrogens is 348 g/mol. The maximum atomic E-state index is 3.63. The van der Waals surface area contributed by atoms with Crippen molar-refractivity contribution in [2.24, 2.45) is 7.05 Å². The smallest absolute Gasteiger partial charge is 0.169 e. The summed E-state index contributed by atoms with van der Waals surface area (Å²) in [7, 11) is 2.03. The fourth-order valence-corrected chi connectivity index (χ4v) is 3.50.